The Hall–Kier alpha value is -2.89. The van der Waals surface area contributed by atoms with Crippen LogP contribution in [0.3, 0.4) is 0 Å². The zero-order valence-corrected chi connectivity index (χ0v) is 12.6. The van der Waals surface area contributed by atoms with Gasteiger partial charge in [-0.15, -0.1) is 0 Å². The summed E-state index contributed by atoms with van der Waals surface area (Å²) < 4.78 is 23.6. The van der Waals surface area contributed by atoms with Gasteiger partial charge in [0.05, 0.1) is 31.9 Å². The summed E-state index contributed by atoms with van der Waals surface area (Å²) in [5.74, 6) is -0.632. The number of fused-ring (bicyclic) bond motifs is 1. The number of methoxy groups -OCH3 is 2. The standard InChI is InChI=1S/C17H14FNO4/c1-22-12-7-13-15(14(8-12)23-2)17(21)19(16(13)20)9-10-4-3-5-11(18)6-10/h3-8H,9H2,1-2H3. The van der Waals surface area contributed by atoms with E-state index in [1.54, 1.807) is 12.1 Å². The first-order valence-electron chi connectivity index (χ1n) is 6.92. The number of benzene rings is 2. The molecule has 0 saturated heterocycles. The number of hydrogen-bond acceptors (Lipinski definition) is 4. The van der Waals surface area contributed by atoms with Crippen molar-refractivity contribution >= 4 is 11.8 Å². The molecule has 6 heteroatoms. The molecule has 0 saturated carbocycles. The minimum Gasteiger partial charge on any atom is -0.497 e. The van der Waals surface area contributed by atoms with E-state index in [0.29, 0.717) is 11.3 Å². The summed E-state index contributed by atoms with van der Waals surface area (Å²) in [6.45, 7) is -0.00439. The maximum absolute atomic E-state index is 13.3. The van der Waals surface area contributed by atoms with Crippen molar-refractivity contribution in [3.63, 3.8) is 0 Å². The molecule has 0 aliphatic carbocycles. The van der Waals surface area contributed by atoms with E-state index in [1.165, 1.54) is 38.5 Å². The number of carbonyl (C=O) groups excluding carboxylic acids is 2. The van der Waals surface area contributed by atoms with Gasteiger partial charge in [0.2, 0.25) is 0 Å². The predicted molar refractivity (Wildman–Crippen MR) is 80.2 cm³/mol. The van der Waals surface area contributed by atoms with E-state index in [1.807, 2.05) is 0 Å². The van der Waals surface area contributed by atoms with E-state index in [0.717, 1.165) is 4.90 Å². The van der Waals surface area contributed by atoms with Crippen molar-refractivity contribution in [1.82, 2.24) is 4.90 Å². The maximum atomic E-state index is 13.3. The van der Waals surface area contributed by atoms with Crippen LogP contribution in [-0.2, 0) is 6.54 Å². The van der Waals surface area contributed by atoms with E-state index in [4.69, 9.17) is 9.47 Å². The van der Waals surface area contributed by atoms with Crippen molar-refractivity contribution in [2.24, 2.45) is 0 Å². The molecule has 1 aliphatic rings. The largest absolute Gasteiger partial charge is 0.497 e. The number of halogens is 1. The second kappa shape index (κ2) is 5.72. The molecule has 0 aromatic heterocycles. The lowest BCUT2D eigenvalue weighted by Gasteiger charge is -2.13. The first-order valence-corrected chi connectivity index (χ1v) is 6.92. The third kappa shape index (κ3) is 2.52. The lowest BCUT2D eigenvalue weighted by Crippen LogP contribution is -2.29. The first-order chi connectivity index (χ1) is 11.0. The van der Waals surface area contributed by atoms with Gasteiger partial charge in [-0.3, -0.25) is 14.5 Å². The molecule has 0 spiro atoms. The molecule has 0 unspecified atom stereocenters. The van der Waals surface area contributed by atoms with Crippen molar-refractivity contribution in [2.75, 3.05) is 14.2 Å². The van der Waals surface area contributed by atoms with Gasteiger partial charge in [-0.05, 0) is 23.8 Å². The summed E-state index contributed by atoms with van der Waals surface area (Å²) >= 11 is 0. The van der Waals surface area contributed by atoms with Crippen molar-refractivity contribution in [1.29, 1.82) is 0 Å². The quantitative estimate of drug-likeness (QED) is 0.814. The highest BCUT2D eigenvalue weighted by molar-refractivity contribution is 6.22. The number of ether oxygens (including phenoxy) is 2. The summed E-state index contributed by atoms with van der Waals surface area (Å²) in [5, 5.41) is 0. The fourth-order valence-electron chi connectivity index (χ4n) is 2.59. The molecule has 0 radical (unpaired) electrons. The zero-order chi connectivity index (χ0) is 16.6. The SMILES string of the molecule is COc1cc(OC)c2c(c1)C(=O)N(Cc1cccc(F)c1)C2=O. The smallest absolute Gasteiger partial charge is 0.265 e. The third-order valence-electron chi connectivity index (χ3n) is 3.70. The van der Waals surface area contributed by atoms with Gasteiger partial charge in [0.1, 0.15) is 17.3 Å². The molecular formula is C17H14FNO4. The van der Waals surface area contributed by atoms with Crippen molar-refractivity contribution < 1.29 is 23.5 Å². The predicted octanol–water partition coefficient (Wildman–Crippen LogP) is 2.64. The van der Waals surface area contributed by atoms with Crippen LogP contribution in [-0.4, -0.2) is 30.9 Å². The van der Waals surface area contributed by atoms with Crippen LogP contribution in [0.2, 0.25) is 0 Å². The minimum absolute atomic E-state index is 0.00439. The van der Waals surface area contributed by atoms with Gasteiger partial charge in [0.15, 0.2) is 0 Å². The Balaban J connectivity index is 2.00. The van der Waals surface area contributed by atoms with E-state index in [2.05, 4.69) is 0 Å². The first kappa shape index (κ1) is 15.0. The lowest BCUT2D eigenvalue weighted by atomic mass is 10.1. The molecule has 0 bridgehead atoms. The van der Waals surface area contributed by atoms with Crippen LogP contribution in [0.25, 0.3) is 0 Å². The summed E-state index contributed by atoms with van der Waals surface area (Å²) in [6, 6.07) is 8.84. The molecule has 23 heavy (non-hydrogen) atoms. The van der Waals surface area contributed by atoms with Crippen LogP contribution in [0.5, 0.6) is 11.5 Å². The Morgan fingerprint density at radius 2 is 1.83 bits per heavy atom. The molecule has 1 aliphatic heterocycles. The molecule has 3 rings (SSSR count). The Bertz CT molecular complexity index is 803. The van der Waals surface area contributed by atoms with Crippen LogP contribution in [0.15, 0.2) is 36.4 Å². The number of amides is 2. The highest BCUT2D eigenvalue weighted by atomic mass is 19.1. The lowest BCUT2D eigenvalue weighted by molar-refractivity contribution is 0.0641. The fraction of sp³-hybridized carbons (Fsp3) is 0.176. The van der Waals surface area contributed by atoms with Crippen LogP contribution in [0.4, 0.5) is 4.39 Å². The molecule has 5 nitrogen and oxygen atoms in total. The average Bonchev–Trinajstić information content (AvgIpc) is 2.79. The topological polar surface area (TPSA) is 55.8 Å². The van der Waals surface area contributed by atoms with Gasteiger partial charge in [-0.25, -0.2) is 4.39 Å². The number of hydrogen-bond donors (Lipinski definition) is 0. The fourth-order valence-corrected chi connectivity index (χ4v) is 2.59. The molecule has 2 amide bonds. The highest BCUT2D eigenvalue weighted by Gasteiger charge is 2.38. The van der Waals surface area contributed by atoms with Gasteiger partial charge < -0.3 is 9.47 Å². The van der Waals surface area contributed by atoms with E-state index < -0.39 is 17.6 Å². The number of imide groups is 1. The van der Waals surface area contributed by atoms with Crippen molar-refractivity contribution in [3.8, 4) is 11.5 Å². The number of carbonyl (C=O) groups is 2. The Morgan fingerprint density at radius 1 is 1.04 bits per heavy atom. The Labute approximate surface area is 132 Å². The van der Waals surface area contributed by atoms with Crippen LogP contribution in [0, 0.1) is 5.82 Å². The van der Waals surface area contributed by atoms with Crippen molar-refractivity contribution in [2.45, 2.75) is 6.54 Å². The third-order valence-corrected chi connectivity index (χ3v) is 3.70. The average molecular weight is 315 g/mol. The Kier molecular flexibility index (Phi) is 3.73. The molecule has 1 heterocycles. The van der Waals surface area contributed by atoms with Crippen molar-refractivity contribution in [3.05, 3.63) is 58.9 Å². The van der Waals surface area contributed by atoms with Gasteiger partial charge >= 0.3 is 0 Å². The molecule has 0 fully saturated rings. The minimum atomic E-state index is -0.464. The second-order valence-corrected chi connectivity index (χ2v) is 5.08. The zero-order valence-electron chi connectivity index (χ0n) is 12.6. The van der Waals surface area contributed by atoms with E-state index >= 15 is 0 Å². The summed E-state index contributed by atoms with van der Waals surface area (Å²) in [6.07, 6.45) is 0. The monoisotopic (exact) mass is 315 g/mol. The molecule has 2 aromatic rings. The molecule has 0 atom stereocenters. The van der Waals surface area contributed by atoms with E-state index in [-0.39, 0.29) is 23.4 Å². The summed E-state index contributed by atoms with van der Waals surface area (Å²) in [7, 11) is 2.88. The molecule has 2 aromatic carbocycles. The van der Waals surface area contributed by atoms with E-state index in [9.17, 15) is 14.0 Å². The van der Waals surface area contributed by atoms with Crippen LogP contribution in [0.1, 0.15) is 26.3 Å². The van der Waals surface area contributed by atoms with Crippen LogP contribution < -0.4 is 9.47 Å². The van der Waals surface area contributed by atoms with Gasteiger partial charge in [0, 0.05) is 6.07 Å². The second-order valence-electron chi connectivity index (χ2n) is 5.08. The number of rotatable bonds is 4. The maximum Gasteiger partial charge on any atom is 0.265 e. The Morgan fingerprint density at radius 3 is 2.48 bits per heavy atom. The normalized spacial score (nSPS) is 13.3. The summed E-state index contributed by atoms with van der Waals surface area (Å²) in [4.78, 5) is 26.2. The highest BCUT2D eigenvalue weighted by Crippen LogP contribution is 2.35. The van der Waals surface area contributed by atoms with Gasteiger partial charge in [-0.1, -0.05) is 12.1 Å². The summed E-state index contributed by atoms with van der Waals surface area (Å²) in [5.41, 5.74) is 0.961. The van der Waals surface area contributed by atoms with Crippen LogP contribution >= 0.6 is 0 Å². The molecular weight excluding hydrogens is 301 g/mol. The number of nitrogens with zero attached hydrogens (tertiary/aromatic N) is 1. The molecule has 0 N–H and O–H groups in total. The molecule has 118 valence electrons. The van der Waals surface area contributed by atoms with Gasteiger partial charge in [-0.2, -0.15) is 0 Å². The van der Waals surface area contributed by atoms with Gasteiger partial charge in [0.25, 0.3) is 11.8 Å².